The molecule has 56 heavy (non-hydrogen) atoms. The van der Waals surface area contributed by atoms with E-state index in [1.165, 1.54) is 87.8 Å². The van der Waals surface area contributed by atoms with Crippen molar-refractivity contribution >= 4 is 113 Å². The molecular formula is C52H34B2N2. The second kappa shape index (κ2) is 12.2. The van der Waals surface area contributed by atoms with E-state index in [1.54, 1.807) is 0 Å². The highest BCUT2D eigenvalue weighted by Crippen LogP contribution is 2.48. The zero-order chi connectivity index (χ0) is 36.7. The lowest BCUT2D eigenvalue weighted by Gasteiger charge is -2.39. The van der Waals surface area contributed by atoms with Gasteiger partial charge < -0.3 is 9.80 Å². The Labute approximate surface area is 327 Å². The molecule has 2 heterocycles. The van der Waals surface area contributed by atoms with Crippen LogP contribution in [0.4, 0.5) is 34.1 Å². The van der Waals surface area contributed by atoms with Gasteiger partial charge in [0.05, 0.1) is 0 Å². The van der Waals surface area contributed by atoms with E-state index in [0.29, 0.717) is 0 Å². The number of fused-ring (bicyclic) bond motifs is 6. The Morgan fingerprint density at radius 2 is 0.661 bits per heavy atom. The molecule has 10 aromatic carbocycles. The van der Waals surface area contributed by atoms with Crippen LogP contribution < -0.4 is 42.6 Å². The highest BCUT2D eigenvalue weighted by atomic mass is 15.2. The molecule has 0 radical (unpaired) electrons. The average molecular weight is 708 g/mol. The van der Waals surface area contributed by atoms with E-state index in [9.17, 15) is 0 Å². The Bertz CT molecular complexity index is 2880. The van der Waals surface area contributed by atoms with E-state index < -0.39 is 0 Å². The maximum atomic E-state index is 2.52. The number of nitrogens with zero attached hydrogens (tertiary/aromatic N) is 2. The Hall–Kier alpha value is -7.03. The maximum Gasteiger partial charge on any atom is 0.246 e. The molecule has 0 atom stereocenters. The molecule has 0 aromatic heterocycles. The van der Waals surface area contributed by atoms with Crippen molar-refractivity contribution in [2.24, 2.45) is 0 Å². The highest BCUT2D eigenvalue weighted by molar-refractivity contribution is 6.99. The minimum atomic E-state index is 0.0914. The fourth-order valence-corrected chi connectivity index (χ4v) is 10.1. The van der Waals surface area contributed by atoms with Gasteiger partial charge in [-0.1, -0.05) is 181 Å². The van der Waals surface area contributed by atoms with Crippen molar-refractivity contribution in [2.45, 2.75) is 0 Å². The zero-order valence-corrected chi connectivity index (χ0v) is 30.7. The summed E-state index contributed by atoms with van der Waals surface area (Å²) in [6, 6.07) is 76.5. The van der Waals surface area contributed by atoms with Crippen LogP contribution in [-0.2, 0) is 0 Å². The smallest absolute Gasteiger partial charge is 0.246 e. The van der Waals surface area contributed by atoms with Crippen molar-refractivity contribution in [3.63, 3.8) is 0 Å². The van der Waals surface area contributed by atoms with Crippen molar-refractivity contribution < 1.29 is 0 Å². The van der Waals surface area contributed by atoms with Crippen LogP contribution in [0.2, 0.25) is 0 Å². The van der Waals surface area contributed by atoms with Gasteiger partial charge in [-0.25, -0.2) is 0 Å². The molecule has 0 unspecified atom stereocenters. The van der Waals surface area contributed by atoms with Crippen LogP contribution in [0.3, 0.4) is 0 Å². The molecule has 258 valence electrons. The van der Waals surface area contributed by atoms with Crippen LogP contribution in [0.25, 0.3) is 32.3 Å². The fraction of sp³-hybridized carbons (Fsp3) is 0. The minimum absolute atomic E-state index is 0.0914. The molecule has 2 aliphatic rings. The van der Waals surface area contributed by atoms with Crippen LogP contribution in [0.15, 0.2) is 206 Å². The SMILES string of the molecule is c1ccc(B2c3ccccc3N(c3ccccc3)c3c2cc2ccc4c5c(cc6ccc3c2c64)B(c2ccccc2)c2ccccc2N5c2ccccc2)cc1. The third kappa shape index (κ3) is 4.47. The number of hydrogen-bond donors (Lipinski definition) is 0. The molecular weight excluding hydrogens is 674 g/mol. The van der Waals surface area contributed by atoms with Gasteiger partial charge >= 0.3 is 0 Å². The van der Waals surface area contributed by atoms with Gasteiger partial charge in [0.25, 0.3) is 0 Å². The van der Waals surface area contributed by atoms with E-state index in [1.807, 2.05) is 0 Å². The monoisotopic (exact) mass is 708 g/mol. The molecule has 0 bridgehead atoms. The molecule has 0 amide bonds. The van der Waals surface area contributed by atoms with Crippen molar-refractivity contribution in [2.75, 3.05) is 9.80 Å². The third-order valence-corrected chi connectivity index (χ3v) is 12.2. The van der Waals surface area contributed by atoms with Crippen LogP contribution in [0.5, 0.6) is 0 Å². The van der Waals surface area contributed by atoms with Crippen molar-refractivity contribution in [1.29, 1.82) is 0 Å². The van der Waals surface area contributed by atoms with Gasteiger partial charge in [-0.05, 0) is 79.8 Å². The number of anilines is 6. The second-order valence-corrected chi connectivity index (χ2v) is 15.2. The molecule has 2 nitrogen and oxygen atoms in total. The average Bonchev–Trinajstić information content (AvgIpc) is 3.27. The lowest BCUT2D eigenvalue weighted by molar-refractivity contribution is 1.31. The standard InChI is InChI=1S/C52H34B2N2/c1-5-17-37(18-6-1)53-43-25-13-15-27-47(43)55(39-21-9-3-10-22-39)51-41-31-30-36-34-46-52(42-32-29-35(33-45(51)53)49(41)50(36)42)56(40-23-11-4-12-24-40)48-28-16-14-26-44(48)54(46)38-19-7-2-8-20-38/h1-34H. The molecule has 0 fully saturated rings. The fourth-order valence-electron chi connectivity index (χ4n) is 10.1. The molecule has 0 saturated heterocycles. The lowest BCUT2D eigenvalue weighted by atomic mass is 9.34. The van der Waals surface area contributed by atoms with Crippen molar-refractivity contribution in [3.05, 3.63) is 206 Å². The van der Waals surface area contributed by atoms with E-state index in [0.717, 1.165) is 11.4 Å². The molecule has 0 spiro atoms. The second-order valence-electron chi connectivity index (χ2n) is 15.2. The first-order valence-electron chi connectivity index (χ1n) is 19.6. The lowest BCUT2D eigenvalue weighted by Crippen LogP contribution is -2.57. The maximum absolute atomic E-state index is 2.52. The van der Waals surface area contributed by atoms with Gasteiger partial charge in [0.2, 0.25) is 13.4 Å². The van der Waals surface area contributed by atoms with Gasteiger partial charge in [0, 0.05) is 44.9 Å². The van der Waals surface area contributed by atoms with Crippen molar-refractivity contribution in [1.82, 2.24) is 0 Å². The van der Waals surface area contributed by atoms with Crippen LogP contribution in [0.1, 0.15) is 0 Å². The number of hydrogen-bond acceptors (Lipinski definition) is 2. The number of para-hydroxylation sites is 4. The van der Waals surface area contributed by atoms with Crippen LogP contribution in [-0.4, -0.2) is 13.4 Å². The quantitative estimate of drug-likeness (QED) is 0.133. The van der Waals surface area contributed by atoms with Gasteiger partial charge in [0.15, 0.2) is 0 Å². The highest BCUT2D eigenvalue weighted by Gasteiger charge is 2.39. The first-order valence-corrected chi connectivity index (χ1v) is 19.6. The molecule has 10 aromatic rings. The van der Waals surface area contributed by atoms with Crippen LogP contribution in [0, 0.1) is 0 Å². The summed E-state index contributed by atoms with van der Waals surface area (Å²) in [4.78, 5) is 5.03. The summed E-state index contributed by atoms with van der Waals surface area (Å²) in [6.45, 7) is 0.183. The number of benzene rings is 10. The Morgan fingerprint density at radius 3 is 1.07 bits per heavy atom. The summed E-state index contributed by atoms with van der Waals surface area (Å²) in [5, 5.41) is 7.72. The first kappa shape index (κ1) is 31.3. The number of rotatable bonds is 4. The molecule has 2 aliphatic heterocycles. The predicted octanol–water partition coefficient (Wildman–Crippen LogP) is 9.18. The predicted molar refractivity (Wildman–Crippen MR) is 242 cm³/mol. The van der Waals surface area contributed by atoms with E-state index in [-0.39, 0.29) is 13.4 Å². The van der Waals surface area contributed by atoms with Gasteiger partial charge in [-0.3, -0.25) is 0 Å². The molecule has 0 aliphatic carbocycles. The van der Waals surface area contributed by atoms with E-state index in [4.69, 9.17) is 0 Å². The first-order chi connectivity index (χ1) is 27.8. The van der Waals surface area contributed by atoms with E-state index in [2.05, 4.69) is 216 Å². The van der Waals surface area contributed by atoms with Crippen molar-refractivity contribution in [3.8, 4) is 0 Å². The Balaban J connectivity index is 1.21. The molecule has 4 heteroatoms. The van der Waals surface area contributed by atoms with Gasteiger partial charge in [0.1, 0.15) is 0 Å². The molecule has 12 rings (SSSR count). The summed E-state index contributed by atoms with van der Waals surface area (Å²) in [6.07, 6.45) is 0. The molecule has 0 N–H and O–H groups in total. The summed E-state index contributed by atoms with van der Waals surface area (Å²) < 4.78 is 0. The third-order valence-electron chi connectivity index (χ3n) is 12.2. The summed E-state index contributed by atoms with van der Waals surface area (Å²) in [5.41, 5.74) is 15.2. The van der Waals surface area contributed by atoms with E-state index >= 15 is 0 Å². The van der Waals surface area contributed by atoms with Gasteiger partial charge in [-0.2, -0.15) is 0 Å². The Morgan fingerprint density at radius 1 is 0.304 bits per heavy atom. The van der Waals surface area contributed by atoms with Crippen LogP contribution >= 0.6 is 0 Å². The Kier molecular flexibility index (Phi) is 6.85. The topological polar surface area (TPSA) is 6.48 Å². The summed E-state index contributed by atoms with van der Waals surface area (Å²) in [5.74, 6) is 0. The summed E-state index contributed by atoms with van der Waals surface area (Å²) in [7, 11) is 0. The molecule has 0 saturated carbocycles. The minimum Gasteiger partial charge on any atom is -0.311 e. The zero-order valence-electron chi connectivity index (χ0n) is 30.7. The van der Waals surface area contributed by atoms with Gasteiger partial charge in [-0.15, -0.1) is 0 Å². The normalized spacial score (nSPS) is 13.2. The summed E-state index contributed by atoms with van der Waals surface area (Å²) >= 11 is 0. The largest absolute Gasteiger partial charge is 0.311 e.